The van der Waals surface area contributed by atoms with Crippen molar-refractivity contribution in [2.75, 3.05) is 31.7 Å². The fourth-order valence-corrected chi connectivity index (χ4v) is 3.77. The number of nitrogens with one attached hydrogen (secondary N) is 2. The summed E-state index contributed by atoms with van der Waals surface area (Å²) in [7, 11) is 1.61. The standard InChI is InChI=1S/C23H25ClN4O3/c1-30-19-8-10-20(11-9-19)31-15-23(29)25-18-3-2-12-28(14-18)22-13-21(26-27-22)16-4-6-17(24)7-5-16/h4-11,13,18H,2-3,12,14-15H2,1H3,(H,25,29)(H,26,27)/t18-/m0/s1. The Morgan fingerprint density at radius 2 is 1.94 bits per heavy atom. The number of nitrogens with zero attached hydrogens (tertiary/aromatic N) is 2. The van der Waals surface area contributed by atoms with Crippen molar-refractivity contribution in [2.24, 2.45) is 0 Å². The Labute approximate surface area is 186 Å². The molecule has 0 bridgehead atoms. The zero-order chi connectivity index (χ0) is 21.6. The van der Waals surface area contributed by atoms with Gasteiger partial charge in [-0.25, -0.2) is 0 Å². The minimum Gasteiger partial charge on any atom is -0.497 e. The molecule has 2 aromatic carbocycles. The highest BCUT2D eigenvalue weighted by atomic mass is 35.5. The van der Waals surface area contributed by atoms with Crippen molar-refractivity contribution in [3.8, 4) is 22.8 Å². The highest BCUT2D eigenvalue weighted by molar-refractivity contribution is 6.30. The Kier molecular flexibility index (Phi) is 6.62. The number of benzene rings is 2. The maximum absolute atomic E-state index is 12.4. The van der Waals surface area contributed by atoms with E-state index < -0.39 is 0 Å². The summed E-state index contributed by atoms with van der Waals surface area (Å²) in [5, 5.41) is 11.3. The van der Waals surface area contributed by atoms with Gasteiger partial charge in [0.1, 0.15) is 11.5 Å². The van der Waals surface area contributed by atoms with Gasteiger partial charge in [0.25, 0.3) is 5.91 Å². The van der Waals surface area contributed by atoms with E-state index in [1.807, 2.05) is 30.3 Å². The van der Waals surface area contributed by atoms with Crippen LogP contribution in [-0.4, -0.2) is 49.0 Å². The van der Waals surface area contributed by atoms with E-state index in [-0.39, 0.29) is 18.6 Å². The molecule has 162 valence electrons. The molecule has 8 heteroatoms. The van der Waals surface area contributed by atoms with Gasteiger partial charge in [0.15, 0.2) is 12.4 Å². The first-order chi connectivity index (χ1) is 15.1. The van der Waals surface area contributed by atoms with Crippen LogP contribution < -0.4 is 19.7 Å². The highest BCUT2D eigenvalue weighted by Gasteiger charge is 2.23. The summed E-state index contributed by atoms with van der Waals surface area (Å²) in [6.45, 7) is 1.59. The number of hydrogen-bond donors (Lipinski definition) is 2. The van der Waals surface area contributed by atoms with Gasteiger partial charge < -0.3 is 19.7 Å². The fraction of sp³-hybridized carbons (Fsp3) is 0.304. The van der Waals surface area contributed by atoms with E-state index in [9.17, 15) is 4.79 Å². The molecule has 2 N–H and O–H groups in total. The maximum Gasteiger partial charge on any atom is 0.258 e. The van der Waals surface area contributed by atoms with E-state index in [1.54, 1.807) is 31.4 Å². The number of amides is 1. The summed E-state index contributed by atoms with van der Waals surface area (Å²) >= 11 is 5.97. The van der Waals surface area contributed by atoms with Gasteiger partial charge in [-0.15, -0.1) is 0 Å². The van der Waals surface area contributed by atoms with E-state index >= 15 is 0 Å². The van der Waals surface area contributed by atoms with Crippen molar-refractivity contribution in [1.29, 1.82) is 0 Å². The minimum absolute atomic E-state index is 0.0219. The molecule has 1 amide bonds. The van der Waals surface area contributed by atoms with Crippen LogP contribution >= 0.6 is 11.6 Å². The van der Waals surface area contributed by atoms with Gasteiger partial charge in [0, 0.05) is 30.2 Å². The normalized spacial score (nSPS) is 16.1. The Balaban J connectivity index is 1.30. The van der Waals surface area contributed by atoms with Crippen molar-refractivity contribution in [3.63, 3.8) is 0 Å². The molecule has 3 aromatic rings. The zero-order valence-corrected chi connectivity index (χ0v) is 18.1. The van der Waals surface area contributed by atoms with Crippen molar-refractivity contribution < 1.29 is 14.3 Å². The fourth-order valence-electron chi connectivity index (χ4n) is 3.64. The molecule has 1 saturated heterocycles. The van der Waals surface area contributed by atoms with Gasteiger partial charge in [-0.3, -0.25) is 9.89 Å². The lowest BCUT2D eigenvalue weighted by atomic mass is 10.1. The summed E-state index contributed by atoms with van der Waals surface area (Å²) in [5.74, 6) is 2.12. The number of ether oxygens (including phenoxy) is 2. The number of aromatic nitrogens is 2. The molecule has 0 spiro atoms. The van der Waals surface area contributed by atoms with Crippen LogP contribution in [0, 0.1) is 0 Å². The summed E-state index contributed by atoms with van der Waals surface area (Å²) < 4.78 is 10.7. The van der Waals surface area contributed by atoms with Crippen LogP contribution in [0.2, 0.25) is 5.02 Å². The van der Waals surface area contributed by atoms with Crippen molar-refractivity contribution in [2.45, 2.75) is 18.9 Å². The molecule has 1 aromatic heterocycles. The SMILES string of the molecule is COc1ccc(OCC(=O)N[C@H]2CCCN(c3cc(-c4ccc(Cl)cc4)[nH]n3)C2)cc1. The van der Waals surface area contributed by atoms with Crippen LogP contribution in [-0.2, 0) is 4.79 Å². The van der Waals surface area contributed by atoms with Crippen molar-refractivity contribution in [3.05, 3.63) is 59.6 Å². The molecule has 4 rings (SSSR count). The Morgan fingerprint density at radius 3 is 2.68 bits per heavy atom. The predicted molar refractivity (Wildman–Crippen MR) is 121 cm³/mol. The second kappa shape index (κ2) is 9.75. The Morgan fingerprint density at radius 1 is 1.19 bits per heavy atom. The first-order valence-corrected chi connectivity index (χ1v) is 10.6. The summed E-state index contributed by atoms with van der Waals surface area (Å²) in [4.78, 5) is 14.5. The molecule has 2 heterocycles. The van der Waals surface area contributed by atoms with Crippen LogP contribution in [0.1, 0.15) is 12.8 Å². The smallest absolute Gasteiger partial charge is 0.258 e. The largest absolute Gasteiger partial charge is 0.497 e. The number of carbonyl (C=O) groups excluding carboxylic acids is 1. The second-order valence-corrected chi connectivity index (χ2v) is 7.90. The Hall–Kier alpha value is -3.19. The van der Waals surface area contributed by atoms with E-state index in [2.05, 4.69) is 20.4 Å². The number of halogens is 1. The van der Waals surface area contributed by atoms with Gasteiger partial charge in [-0.1, -0.05) is 23.7 Å². The summed E-state index contributed by atoms with van der Waals surface area (Å²) in [6.07, 6.45) is 1.91. The molecule has 1 aliphatic heterocycles. The van der Waals surface area contributed by atoms with Gasteiger partial charge in [-0.05, 0) is 54.8 Å². The number of hydrogen-bond acceptors (Lipinski definition) is 5. The zero-order valence-electron chi connectivity index (χ0n) is 17.3. The lowest BCUT2D eigenvalue weighted by Crippen LogP contribution is -2.49. The average molecular weight is 441 g/mol. The number of rotatable bonds is 7. The van der Waals surface area contributed by atoms with Crippen LogP contribution in [0.15, 0.2) is 54.6 Å². The molecule has 0 aliphatic carbocycles. The molecular formula is C23H25ClN4O3. The Bertz CT molecular complexity index is 1000. The van der Waals surface area contributed by atoms with E-state index in [4.69, 9.17) is 21.1 Å². The number of piperidine rings is 1. The van der Waals surface area contributed by atoms with Gasteiger partial charge >= 0.3 is 0 Å². The predicted octanol–water partition coefficient (Wildman–Crippen LogP) is 3.90. The third-order valence-corrected chi connectivity index (χ3v) is 5.51. The molecule has 1 aliphatic rings. The first-order valence-electron chi connectivity index (χ1n) is 10.2. The maximum atomic E-state index is 12.4. The van der Waals surface area contributed by atoms with Crippen molar-refractivity contribution in [1.82, 2.24) is 15.5 Å². The lowest BCUT2D eigenvalue weighted by molar-refractivity contribution is -0.123. The second-order valence-electron chi connectivity index (χ2n) is 7.46. The molecule has 31 heavy (non-hydrogen) atoms. The topological polar surface area (TPSA) is 79.5 Å². The molecule has 0 saturated carbocycles. The van der Waals surface area contributed by atoms with Gasteiger partial charge in [-0.2, -0.15) is 5.10 Å². The lowest BCUT2D eigenvalue weighted by Gasteiger charge is -2.33. The van der Waals surface area contributed by atoms with Crippen molar-refractivity contribution >= 4 is 23.3 Å². The van der Waals surface area contributed by atoms with Gasteiger partial charge in [0.05, 0.1) is 12.8 Å². The third-order valence-electron chi connectivity index (χ3n) is 5.26. The molecule has 0 radical (unpaired) electrons. The molecule has 7 nitrogen and oxygen atoms in total. The average Bonchev–Trinajstić information content (AvgIpc) is 3.29. The monoisotopic (exact) mass is 440 g/mol. The quantitative estimate of drug-likeness (QED) is 0.582. The molecule has 0 unspecified atom stereocenters. The molecular weight excluding hydrogens is 416 g/mol. The van der Waals surface area contributed by atoms with E-state index in [0.717, 1.165) is 42.2 Å². The van der Waals surface area contributed by atoms with E-state index in [1.165, 1.54) is 0 Å². The molecule has 1 fully saturated rings. The number of methoxy groups -OCH3 is 1. The van der Waals surface area contributed by atoms with Crippen LogP contribution in [0.5, 0.6) is 11.5 Å². The minimum atomic E-state index is -0.133. The summed E-state index contributed by atoms with van der Waals surface area (Å²) in [5.41, 5.74) is 1.96. The van der Waals surface area contributed by atoms with Gasteiger partial charge in [0.2, 0.25) is 0 Å². The van der Waals surface area contributed by atoms with Crippen LogP contribution in [0.25, 0.3) is 11.3 Å². The van der Waals surface area contributed by atoms with E-state index in [0.29, 0.717) is 17.3 Å². The molecule has 1 atom stereocenters. The summed E-state index contributed by atoms with van der Waals surface area (Å²) in [6, 6.07) is 16.9. The number of aromatic amines is 1. The van der Waals surface area contributed by atoms with Crippen LogP contribution in [0.3, 0.4) is 0 Å². The highest BCUT2D eigenvalue weighted by Crippen LogP contribution is 2.25. The number of anilines is 1. The third kappa shape index (κ3) is 5.49. The number of H-pyrrole nitrogens is 1. The number of carbonyl (C=O) groups is 1. The van der Waals surface area contributed by atoms with Crippen LogP contribution in [0.4, 0.5) is 5.82 Å². The first kappa shape index (κ1) is 21.1.